The van der Waals surface area contributed by atoms with Gasteiger partial charge in [-0.2, -0.15) is 0 Å². The van der Waals surface area contributed by atoms with Crippen LogP contribution in [0.4, 0.5) is 10.1 Å². The van der Waals surface area contributed by atoms with Crippen LogP contribution >= 0.6 is 0 Å². The molecule has 2 N–H and O–H groups in total. The van der Waals surface area contributed by atoms with Gasteiger partial charge in [0.2, 0.25) is 0 Å². The highest BCUT2D eigenvalue weighted by molar-refractivity contribution is 5.61. The molecule has 2 unspecified atom stereocenters. The number of nitrogens with two attached hydrogens (primary N) is 1. The van der Waals surface area contributed by atoms with E-state index in [-0.39, 0.29) is 11.9 Å². The predicted molar refractivity (Wildman–Crippen MR) is 80.3 cm³/mol. The second kappa shape index (κ2) is 5.25. The van der Waals surface area contributed by atoms with Crippen LogP contribution in [0.3, 0.4) is 0 Å². The van der Waals surface area contributed by atoms with Gasteiger partial charge in [0.1, 0.15) is 5.82 Å². The molecule has 0 aromatic heterocycles. The molecular formula is C17H19FN2. The molecule has 2 atom stereocenters. The van der Waals surface area contributed by atoms with Crippen LogP contribution in [0, 0.1) is 5.82 Å². The van der Waals surface area contributed by atoms with E-state index in [1.165, 1.54) is 23.4 Å². The highest BCUT2D eigenvalue weighted by atomic mass is 19.1. The first-order valence-corrected chi connectivity index (χ1v) is 7.02. The van der Waals surface area contributed by atoms with Gasteiger partial charge in [0.15, 0.2) is 0 Å². The Bertz CT molecular complexity index is 594. The first-order valence-electron chi connectivity index (χ1n) is 7.02. The van der Waals surface area contributed by atoms with Crippen LogP contribution in [0.1, 0.15) is 24.1 Å². The Morgan fingerprint density at radius 2 is 1.90 bits per heavy atom. The molecule has 104 valence electrons. The molecule has 0 saturated carbocycles. The number of nitrogens with zero attached hydrogens (tertiary/aromatic N) is 1. The number of hydrogen-bond donors (Lipinski definition) is 1. The Morgan fingerprint density at radius 1 is 1.20 bits per heavy atom. The zero-order valence-corrected chi connectivity index (χ0v) is 11.6. The van der Waals surface area contributed by atoms with E-state index in [0.717, 1.165) is 12.0 Å². The molecule has 2 aromatic carbocycles. The lowest BCUT2D eigenvalue weighted by Gasteiger charge is -2.34. The molecule has 0 radical (unpaired) electrons. The summed E-state index contributed by atoms with van der Waals surface area (Å²) in [6.07, 6.45) is 1.04. The summed E-state index contributed by atoms with van der Waals surface area (Å²) in [6, 6.07) is 15.6. The monoisotopic (exact) mass is 270 g/mol. The molecular weight excluding hydrogens is 251 g/mol. The largest absolute Gasteiger partial charge is 0.360 e. The number of rotatable bonds is 3. The van der Waals surface area contributed by atoms with Gasteiger partial charge in [-0.15, -0.1) is 0 Å². The van der Waals surface area contributed by atoms with Gasteiger partial charge in [0.05, 0.1) is 6.04 Å². The van der Waals surface area contributed by atoms with Crippen molar-refractivity contribution in [2.45, 2.75) is 25.4 Å². The van der Waals surface area contributed by atoms with Crippen molar-refractivity contribution in [3.8, 4) is 0 Å². The molecule has 0 bridgehead atoms. The molecule has 1 aliphatic rings. The second-order valence-electron chi connectivity index (χ2n) is 5.39. The number of halogens is 1. The van der Waals surface area contributed by atoms with Crippen LogP contribution < -0.4 is 10.6 Å². The van der Waals surface area contributed by atoms with Crippen LogP contribution in [0.15, 0.2) is 48.5 Å². The number of anilines is 1. The third kappa shape index (κ3) is 2.18. The van der Waals surface area contributed by atoms with E-state index in [1.807, 2.05) is 12.1 Å². The molecule has 0 saturated heterocycles. The topological polar surface area (TPSA) is 29.3 Å². The van der Waals surface area contributed by atoms with Crippen molar-refractivity contribution in [3.05, 3.63) is 65.5 Å². The normalized spacial score (nSPS) is 18.9. The minimum absolute atomic E-state index is 0.0919. The Balaban J connectivity index is 1.99. The van der Waals surface area contributed by atoms with Gasteiger partial charge in [0.25, 0.3) is 0 Å². The Morgan fingerprint density at radius 3 is 2.60 bits per heavy atom. The van der Waals surface area contributed by atoms with Gasteiger partial charge in [-0.1, -0.05) is 30.3 Å². The van der Waals surface area contributed by atoms with Gasteiger partial charge in [-0.3, -0.25) is 0 Å². The molecule has 2 nitrogen and oxygen atoms in total. The maximum absolute atomic E-state index is 13.1. The number of para-hydroxylation sites is 1. The fourth-order valence-electron chi connectivity index (χ4n) is 3.16. The van der Waals surface area contributed by atoms with Gasteiger partial charge in [-0.25, -0.2) is 4.39 Å². The lowest BCUT2D eigenvalue weighted by Crippen LogP contribution is -2.37. The summed E-state index contributed by atoms with van der Waals surface area (Å²) in [4.78, 5) is 2.36. The summed E-state index contributed by atoms with van der Waals surface area (Å²) in [5.41, 5.74) is 9.69. The third-order valence-electron chi connectivity index (χ3n) is 4.07. The van der Waals surface area contributed by atoms with E-state index in [0.29, 0.717) is 12.6 Å². The second-order valence-corrected chi connectivity index (χ2v) is 5.39. The van der Waals surface area contributed by atoms with Crippen LogP contribution in [-0.4, -0.2) is 12.6 Å². The van der Waals surface area contributed by atoms with Crippen LogP contribution in [0.25, 0.3) is 0 Å². The lowest BCUT2D eigenvalue weighted by molar-refractivity contribution is 0.566. The van der Waals surface area contributed by atoms with E-state index in [9.17, 15) is 4.39 Å². The molecule has 1 aliphatic heterocycles. The minimum atomic E-state index is -0.209. The molecule has 0 fully saturated rings. The quantitative estimate of drug-likeness (QED) is 0.927. The maximum Gasteiger partial charge on any atom is 0.123 e. The highest BCUT2D eigenvalue weighted by Crippen LogP contribution is 2.38. The lowest BCUT2D eigenvalue weighted by atomic mass is 10.0. The molecule has 3 heteroatoms. The Labute approximate surface area is 119 Å². The van der Waals surface area contributed by atoms with Crippen molar-refractivity contribution >= 4 is 5.69 Å². The SMILES string of the molecule is CC1Cc2ccccc2N1C(CN)c1ccc(F)cc1. The summed E-state index contributed by atoms with van der Waals surface area (Å²) in [5, 5.41) is 0. The first-order chi connectivity index (χ1) is 9.70. The van der Waals surface area contributed by atoms with Crippen LogP contribution in [-0.2, 0) is 6.42 Å². The van der Waals surface area contributed by atoms with Crippen LogP contribution in [0.2, 0.25) is 0 Å². The van der Waals surface area contributed by atoms with Crippen molar-refractivity contribution in [2.75, 3.05) is 11.4 Å². The molecule has 20 heavy (non-hydrogen) atoms. The van der Waals surface area contributed by atoms with Crippen molar-refractivity contribution in [3.63, 3.8) is 0 Å². The molecule has 0 spiro atoms. The van der Waals surface area contributed by atoms with E-state index in [2.05, 4.69) is 36.1 Å². The fraction of sp³-hybridized carbons (Fsp3) is 0.294. The van der Waals surface area contributed by atoms with Crippen molar-refractivity contribution < 1.29 is 4.39 Å². The minimum Gasteiger partial charge on any atom is -0.360 e. The van der Waals surface area contributed by atoms with E-state index < -0.39 is 0 Å². The number of fused-ring (bicyclic) bond motifs is 1. The van der Waals surface area contributed by atoms with Crippen molar-refractivity contribution in [1.82, 2.24) is 0 Å². The molecule has 0 amide bonds. The zero-order valence-electron chi connectivity index (χ0n) is 11.6. The summed E-state index contributed by atoms with van der Waals surface area (Å²) in [7, 11) is 0. The number of benzene rings is 2. The van der Waals surface area contributed by atoms with E-state index in [1.54, 1.807) is 0 Å². The maximum atomic E-state index is 13.1. The summed E-state index contributed by atoms with van der Waals surface area (Å²) < 4.78 is 13.1. The summed E-state index contributed by atoms with van der Waals surface area (Å²) in [6.45, 7) is 2.73. The molecule has 0 aliphatic carbocycles. The zero-order chi connectivity index (χ0) is 14.1. The van der Waals surface area contributed by atoms with Crippen molar-refractivity contribution in [1.29, 1.82) is 0 Å². The van der Waals surface area contributed by atoms with Crippen molar-refractivity contribution in [2.24, 2.45) is 5.73 Å². The van der Waals surface area contributed by atoms with Crippen LogP contribution in [0.5, 0.6) is 0 Å². The van der Waals surface area contributed by atoms with Gasteiger partial charge >= 0.3 is 0 Å². The predicted octanol–water partition coefficient (Wildman–Crippen LogP) is 3.28. The molecule has 1 heterocycles. The van der Waals surface area contributed by atoms with Gasteiger partial charge < -0.3 is 10.6 Å². The highest BCUT2D eigenvalue weighted by Gasteiger charge is 2.31. The van der Waals surface area contributed by atoms with Gasteiger partial charge in [0, 0.05) is 18.3 Å². The summed E-state index contributed by atoms with van der Waals surface area (Å²) in [5.74, 6) is -0.209. The first kappa shape index (κ1) is 13.1. The number of hydrogen-bond acceptors (Lipinski definition) is 2. The average molecular weight is 270 g/mol. The molecule has 2 aromatic rings. The average Bonchev–Trinajstić information content (AvgIpc) is 2.79. The standard InChI is InChI=1S/C17H19FN2/c1-12-10-14-4-2-3-5-16(14)20(12)17(11-19)13-6-8-15(18)9-7-13/h2-9,12,17H,10-11,19H2,1H3. The fourth-order valence-corrected chi connectivity index (χ4v) is 3.16. The Kier molecular flexibility index (Phi) is 3.45. The molecule has 3 rings (SSSR count). The Hall–Kier alpha value is -1.87. The van der Waals surface area contributed by atoms with Gasteiger partial charge in [-0.05, 0) is 42.7 Å². The van der Waals surface area contributed by atoms with E-state index >= 15 is 0 Å². The smallest absolute Gasteiger partial charge is 0.123 e. The third-order valence-corrected chi connectivity index (χ3v) is 4.07. The summed E-state index contributed by atoms with van der Waals surface area (Å²) >= 11 is 0. The van der Waals surface area contributed by atoms with E-state index in [4.69, 9.17) is 5.73 Å².